The maximum absolute atomic E-state index is 9.14. The van der Waals surface area contributed by atoms with Crippen molar-refractivity contribution >= 4 is 27.3 Å². The fourth-order valence-corrected chi connectivity index (χ4v) is 2.17. The highest BCUT2D eigenvalue weighted by molar-refractivity contribution is 9.10. The maximum atomic E-state index is 9.14. The summed E-state index contributed by atoms with van der Waals surface area (Å²) in [7, 11) is 0. The molecule has 0 saturated heterocycles. The SMILES string of the molecule is CCc1ccccc1Nc1ccc(Br)cc1C#N. The average Bonchev–Trinajstić information content (AvgIpc) is 2.41. The zero-order valence-corrected chi connectivity index (χ0v) is 11.7. The molecular formula is C15H13BrN2. The molecule has 2 nitrogen and oxygen atoms in total. The van der Waals surface area contributed by atoms with Crippen LogP contribution in [0.4, 0.5) is 11.4 Å². The number of nitrogens with zero attached hydrogens (tertiary/aromatic N) is 1. The minimum atomic E-state index is 0.635. The van der Waals surface area contributed by atoms with Gasteiger partial charge in [0.1, 0.15) is 6.07 Å². The van der Waals surface area contributed by atoms with Crippen molar-refractivity contribution in [3.05, 3.63) is 58.1 Å². The molecule has 0 unspecified atom stereocenters. The van der Waals surface area contributed by atoms with Gasteiger partial charge in [0.25, 0.3) is 0 Å². The molecule has 2 aromatic carbocycles. The van der Waals surface area contributed by atoms with Crippen LogP contribution in [0.2, 0.25) is 0 Å². The maximum Gasteiger partial charge on any atom is 0.101 e. The average molecular weight is 301 g/mol. The first-order valence-corrected chi connectivity index (χ1v) is 6.58. The Morgan fingerprint density at radius 1 is 1.17 bits per heavy atom. The zero-order valence-electron chi connectivity index (χ0n) is 10.1. The minimum absolute atomic E-state index is 0.635. The highest BCUT2D eigenvalue weighted by atomic mass is 79.9. The van der Waals surface area contributed by atoms with E-state index < -0.39 is 0 Å². The fraction of sp³-hybridized carbons (Fsp3) is 0.133. The molecule has 0 atom stereocenters. The molecule has 0 amide bonds. The summed E-state index contributed by atoms with van der Waals surface area (Å²) in [6, 6.07) is 16.0. The van der Waals surface area contributed by atoms with Crippen molar-refractivity contribution in [2.45, 2.75) is 13.3 Å². The van der Waals surface area contributed by atoms with Crippen molar-refractivity contribution in [3.63, 3.8) is 0 Å². The van der Waals surface area contributed by atoms with Gasteiger partial charge in [-0.1, -0.05) is 41.1 Å². The molecule has 0 aliphatic carbocycles. The Kier molecular flexibility index (Phi) is 4.01. The zero-order chi connectivity index (χ0) is 13.0. The normalized spacial score (nSPS) is 9.83. The molecule has 0 radical (unpaired) electrons. The Bertz CT molecular complexity index is 600. The van der Waals surface area contributed by atoms with Crippen LogP contribution in [0.3, 0.4) is 0 Å². The summed E-state index contributed by atoms with van der Waals surface area (Å²) in [5.41, 5.74) is 3.76. The van der Waals surface area contributed by atoms with Gasteiger partial charge in [-0.25, -0.2) is 0 Å². The number of halogens is 1. The monoisotopic (exact) mass is 300 g/mol. The molecule has 2 aromatic rings. The van der Waals surface area contributed by atoms with Crippen LogP contribution in [0.15, 0.2) is 46.9 Å². The Morgan fingerprint density at radius 3 is 2.67 bits per heavy atom. The molecule has 90 valence electrons. The number of hydrogen-bond acceptors (Lipinski definition) is 2. The first-order chi connectivity index (χ1) is 8.74. The Balaban J connectivity index is 2.37. The van der Waals surface area contributed by atoms with Gasteiger partial charge in [-0.05, 0) is 36.2 Å². The lowest BCUT2D eigenvalue weighted by atomic mass is 10.1. The van der Waals surface area contributed by atoms with Crippen molar-refractivity contribution in [1.29, 1.82) is 5.26 Å². The van der Waals surface area contributed by atoms with Crippen LogP contribution in [0.5, 0.6) is 0 Å². The van der Waals surface area contributed by atoms with Crippen LogP contribution in [0.25, 0.3) is 0 Å². The van der Waals surface area contributed by atoms with E-state index in [1.54, 1.807) is 0 Å². The van der Waals surface area contributed by atoms with E-state index in [1.807, 2.05) is 36.4 Å². The first-order valence-electron chi connectivity index (χ1n) is 5.79. The number of rotatable bonds is 3. The molecule has 0 aliphatic heterocycles. The smallest absolute Gasteiger partial charge is 0.101 e. The van der Waals surface area contributed by atoms with Crippen LogP contribution in [-0.2, 0) is 6.42 Å². The quantitative estimate of drug-likeness (QED) is 0.897. The van der Waals surface area contributed by atoms with Crippen molar-refractivity contribution in [2.75, 3.05) is 5.32 Å². The second-order valence-electron chi connectivity index (χ2n) is 3.94. The summed E-state index contributed by atoms with van der Waals surface area (Å²) in [6.07, 6.45) is 0.960. The predicted molar refractivity (Wildman–Crippen MR) is 78.0 cm³/mol. The highest BCUT2D eigenvalue weighted by Crippen LogP contribution is 2.26. The van der Waals surface area contributed by atoms with E-state index in [9.17, 15) is 0 Å². The molecule has 0 aliphatic rings. The molecule has 1 N–H and O–H groups in total. The van der Waals surface area contributed by atoms with Gasteiger partial charge in [0.2, 0.25) is 0 Å². The number of aryl methyl sites for hydroxylation is 1. The van der Waals surface area contributed by atoms with E-state index in [2.05, 4.69) is 40.3 Å². The number of para-hydroxylation sites is 1. The summed E-state index contributed by atoms with van der Waals surface area (Å²) in [5, 5.41) is 12.5. The van der Waals surface area contributed by atoms with Gasteiger partial charge < -0.3 is 5.32 Å². The number of hydrogen-bond donors (Lipinski definition) is 1. The highest BCUT2D eigenvalue weighted by Gasteiger charge is 2.05. The number of anilines is 2. The molecule has 0 heterocycles. The third-order valence-corrected chi connectivity index (χ3v) is 3.26. The van der Waals surface area contributed by atoms with Gasteiger partial charge in [0.05, 0.1) is 11.3 Å². The van der Waals surface area contributed by atoms with E-state index in [0.29, 0.717) is 5.56 Å². The first kappa shape index (κ1) is 12.7. The van der Waals surface area contributed by atoms with Crippen LogP contribution in [0.1, 0.15) is 18.1 Å². The van der Waals surface area contributed by atoms with Crippen LogP contribution in [0, 0.1) is 11.3 Å². The third-order valence-electron chi connectivity index (χ3n) is 2.77. The van der Waals surface area contributed by atoms with Crippen molar-refractivity contribution < 1.29 is 0 Å². The molecule has 0 spiro atoms. The summed E-state index contributed by atoms with van der Waals surface area (Å²) in [4.78, 5) is 0. The number of benzene rings is 2. The summed E-state index contributed by atoms with van der Waals surface area (Å²) >= 11 is 3.37. The molecular weight excluding hydrogens is 288 g/mol. The van der Waals surface area contributed by atoms with Crippen molar-refractivity contribution in [3.8, 4) is 6.07 Å². The Morgan fingerprint density at radius 2 is 1.94 bits per heavy atom. The molecule has 0 fully saturated rings. The topological polar surface area (TPSA) is 35.8 Å². The summed E-state index contributed by atoms with van der Waals surface area (Å²) in [5.74, 6) is 0. The molecule has 2 rings (SSSR count). The van der Waals surface area contributed by atoms with Crippen molar-refractivity contribution in [2.24, 2.45) is 0 Å². The van der Waals surface area contributed by atoms with E-state index in [1.165, 1.54) is 5.56 Å². The predicted octanol–water partition coefficient (Wildman–Crippen LogP) is 4.63. The molecule has 0 aromatic heterocycles. The van der Waals surface area contributed by atoms with E-state index >= 15 is 0 Å². The van der Waals surface area contributed by atoms with Gasteiger partial charge >= 0.3 is 0 Å². The second kappa shape index (κ2) is 5.70. The fourth-order valence-electron chi connectivity index (χ4n) is 1.81. The van der Waals surface area contributed by atoms with Crippen LogP contribution < -0.4 is 5.32 Å². The van der Waals surface area contributed by atoms with Gasteiger partial charge in [-0.3, -0.25) is 0 Å². The van der Waals surface area contributed by atoms with Gasteiger partial charge in [0, 0.05) is 10.2 Å². The van der Waals surface area contributed by atoms with E-state index in [0.717, 1.165) is 22.3 Å². The van der Waals surface area contributed by atoms with Gasteiger partial charge in [0.15, 0.2) is 0 Å². The second-order valence-corrected chi connectivity index (χ2v) is 4.85. The Labute approximate surface area is 115 Å². The number of nitrogens with one attached hydrogen (secondary N) is 1. The molecule has 3 heteroatoms. The molecule has 0 bridgehead atoms. The van der Waals surface area contributed by atoms with Crippen LogP contribution >= 0.6 is 15.9 Å². The summed E-state index contributed by atoms with van der Waals surface area (Å²) in [6.45, 7) is 2.12. The minimum Gasteiger partial charge on any atom is -0.354 e. The van der Waals surface area contributed by atoms with Gasteiger partial charge in [-0.15, -0.1) is 0 Å². The molecule has 0 saturated carbocycles. The standard InChI is InChI=1S/C15H13BrN2/c1-2-11-5-3-4-6-14(11)18-15-8-7-13(16)9-12(15)10-17/h3-9,18H,2H2,1H3. The lowest BCUT2D eigenvalue weighted by molar-refractivity contribution is 1.14. The molecule has 18 heavy (non-hydrogen) atoms. The van der Waals surface area contributed by atoms with E-state index in [4.69, 9.17) is 5.26 Å². The summed E-state index contributed by atoms with van der Waals surface area (Å²) < 4.78 is 0.911. The lowest BCUT2D eigenvalue weighted by Gasteiger charge is -2.12. The van der Waals surface area contributed by atoms with E-state index in [-0.39, 0.29) is 0 Å². The Hall–Kier alpha value is -1.79. The van der Waals surface area contributed by atoms with Gasteiger partial charge in [-0.2, -0.15) is 5.26 Å². The van der Waals surface area contributed by atoms with Crippen LogP contribution in [-0.4, -0.2) is 0 Å². The lowest BCUT2D eigenvalue weighted by Crippen LogP contribution is -1.97. The van der Waals surface area contributed by atoms with Crippen molar-refractivity contribution in [1.82, 2.24) is 0 Å². The third kappa shape index (κ3) is 2.72. The largest absolute Gasteiger partial charge is 0.354 e. The number of nitriles is 1.